The molecule has 72 valence electrons. The molecule has 0 heterocycles. The van der Waals surface area contributed by atoms with E-state index in [1.165, 1.54) is 0 Å². The van der Waals surface area contributed by atoms with Crippen molar-refractivity contribution in [3.05, 3.63) is 12.2 Å². The first kappa shape index (κ1) is 11.2. The minimum absolute atomic E-state index is 0.354. The Labute approximate surface area is 73.1 Å². The van der Waals surface area contributed by atoms with E-state index in [0.717, 1.165) is 0 Å². The van der Waals surface area contributed by atoms with Crippen LogP contribution in [0.2, 0.25) is 0 Å². The summed E-state index contributed by atoms with van der Waals surface area (Å²) in [6.07, 6.45) is -0.663. The van der Waals surface area contributed by atoms with Crippen LogP contribution in [0.15, 0.2) is 12.2 Å². The standard InChI is InChI=1S/C7H8O6/c1-3(2-4(8)9)5(6(10)11)7(12)13/h5H,1-2H2,(H,8,9)(H,10,11)(H,12,13). The molecule has 0 aliphatic heterocycles. The highest BCUT2D eigenvalue weighted by molar-refractivity contribution is 5.97. The molecular formula is C7H8O6. The number of hydrogen-bond acceptors (Lipinski definition) is 3. The van der Waals surface area contributed by atoms with Crippen molar-refractivity contribution in [1.29, 1.82) is 0 Å². The van der Waals surface area contributed by atoms with E-state index in [4.69, 9.17) is 15.3 Å². The van der Waals surface area contributed by atoms with E-state index in [-0.39, 0.29) is 5.57 Å². The molecule has 0 amide bonds. The Kier molecular flexibility index (Phi) is 3.64. The molecule has 0 aromatic carbocycles. The van der Waals surface area contributed by atoms with Gasteiger partial charge in [-0.3, -0.25) is 14.4 Å². The normalized spacial score (nSPS) is 9.62. The van der Waals surface area contributed by atoms with Crippen molar-refractivity contribution in [2.75, 3.05) is 0 Å². The quantitative estimate of drug-likeness (QED) is 0.407. The number of carboxylic acid groups (broad SMARTS) is 3. The predicted molar refractivity (Wildman–Crippen MR) is 40.2 cm³/mol. The molecule has 0 saturated heterocycles. The van der Waals surface area contributed by atoms with Gasteiger partial charge in [0.15, 0.2) is 5.92 Å². The summed E-state index contributed by atoms with van der Waals surface area (Å²) in [5.74, 6) is -6.38. The van der Waals surface area contributed by atoms with E-state index in [9.17, 15) is 14.4 Å². The zero-order valence-corrected chi connectivity index (χ0v) is 6.56. The van der Waals surface area contributed by atoms with Crippen LogP contribution < -0.4 is 0 Å². The molecule has 0 aliphatic rings. The molecule has 3 N–H and O–H groups in total. The third-order valence-corrected chi connectivity index (χ3v) is 1.28. The second-order valence-corrected chi connectivity index (χ2v) is 2.34. The summed E-state index contributed by atoms with van der Waals surface area (Å²) in [4.78, 5) is 30.8. The van der Waals surface area contributed by atoms with Crippen molar-refractivity contribution in [2.24, 2.45) is 5.92 Å². The molecule has 0 aliphatic carbocycles. The maximum absolute atomic E-state index is 10.3. The molecule has 6 nitrogen and oxygen atoms in total. The van der Waals surface area contributed by atoms with Gasteiger partial charge in [-0.1, -0.05) is 6.58 Å². The smallest absolute Gasteiger partial charge is 0.322 e. The van der Waals surface area contributed by atoms with Crippen molar-refractivity contribution >= 4 is 17.9 Å². The van der Waals surface area contributed by atoms with Crippen LogP contribution in [0, 0.1) is 5.92 Å². The molecule has 0 aromatic rings. The van der Waals surface area contributed by atoms with Gasteiger partial charge in [-0.15, -0.1) is 0 Å². The van der Waals surface area contributed by atoms with E-state index < -0.39 is 30.2 Å². The summed E-state index contributed by atoms with van der Waals surface area (Å²) < 4.78 is 0. The highest BCUT2D eigenvalue weighted by Gasteiger charge is 2.29. The van der Waals surface area contributed by atoms with Gasteiger partial charge in [0.25, 0.3) is 0 Å². The maximum atomic E-state index is 10.3. The molecule has 6 heteroatoms. The molecule has 0 rings (SSSR count). The molecule has 13 heavy (non-hydrogen) atoms. The molecule has 0 spiro atoms. The van der Waals surface area contributed by atoms with Crippen LogP contribution in [0.5, 0.6) is 0 Å². The van der Waals surface area contributed by atoms with E-state index in [1.807, 2.05) is 0 Å². The average Bonchev–Trinajstić information content (AvgIpc) is 1.81. The minimum atomic E-state index is -1.85. The number of rotatable bonds is 5. The van der Waals surface area contributed by atoms with Crippen molar-refractivity contribution in [3.63, 3.8) is 0 Å². The minimum Gasteiger partial charge on any atom is -0.481 e. The summed E-state index contributed by atoms with van der Waals surface area (Å²) in [5.41, 5.74) is -0.354. The summed E-state index contributed by atoms with van der Waals surface area (Å²) in [6, 6.07) is 0. The first-order chi connectivity index (χ1) is 5.86. The summed E-state index contributed by atoms with van der Waals surface area (Å²) in [7, 11) is 0. The molecule has 0 radical (unpaired) electrons. The zero-order chi connectivity index (χ0) is 10.6. The Bertz CT molecular complexity index is 252. The van der Waals surface area contributed by atoms with Gasteiger partial charge < -0.3 is 15.3 Å². The Morgan fingerprint density at radius 2 is 1.46 bits per heavy atom. The molecular weight excluding hydrogens is 180 g/mol. The Balaban J connectivity index is 4.57. The monoisotopic (exact) mass is 188 g/mol. The molecule has 0 atom stereocenters. The van der Waals surface area contributed by atoms with Gasteiger partial charge in [0, 0.05) is 0 Å². The van der Waals surface area contributed by atoms with Gasteiger partial charge in [0.2, 0.25) is 0 Å². The average molecular weight is 188 g/mol. The highest BCUT2D eigenvalue weighted by atomic mass is 16.4. The van der Waals surface area contributed by atoms with Crippen LogP contribution in [0.1, 0.15) is 6.42 Å². The van der Waals surface area contributed by atoms with Gasteiger partial charge in [-0.25, -0.2) is 0 Å². The number of hydrogen-bond donors (Lipinski definition) is 3. The Morgan fingerprint density at radius 3 is 1.69 bits per heavy atom. The lowest BCUT2D eigenvalue weighted by Gasteiger charge is -2.07. The third kappa shape index (κ3) is 3.37. The fourth-order valence-electron chi connectivity index (χ4n) is 0.751. The van der Waals surface area contributed by atoms with Crippen molar-refractivity contribution < 1.29 is 29.7 Å². The summed E-state index contributed by atoms with van der Waals surface area (Å²) >= 11 is 0. The van der Waals surface area contributed by atoms with Crippen molar-refractivity contribution in [3.8, 4) is 0 Å². The van der Waals surface area contributed by atoms with Gasteiger partial charge in [-0.05, 0) is 5.57 Å². The first-order valence-corrected chi connectivity index (χ1v) is 3.21. The third-order valence-electron chi connectivity index (χ3n) is 1.28. The number of carboxylic acids is 3. The molecule has 0 aromatic heterocycles. The van der Waals surface area contributed by atoms with Crippen LogP contribution in [-0.4, -0.2) is 33.2 Å². The summed E-state index contributed by atoms with van der Waals surface area (Å²) in [5, 5.41) is 25.0. The molecule has 0 saturated carbocycles. The molecule has 0 bridgehead atoms. The van der Waals surface area contributed by atoms with Gasteiger partial charge in [0.1, 0.15) is 0 Å². The van der Waals surface area contributed by atoms with Gasteiger partial charge in [0.05, 0.1) is 6.42 Å². The van der Waals surface area contributed by atoms with Crippen molar-refractivity contribution in [1.82, 2.24) is 0 Å². The number of carbonyl (C=O) groups is 3. The number of aliphatic carboxylic acids is 3. The van der Waals surface area contributed by atoms with Gasteiger partial charge in [-0.2, -0.15) is 0 Å². The van der Waals surface area contributed by atoms with E-state index in [2.05, 4.69) is 6.58 Å². The van der Waals surface area contributed by atoms with E-state index >= 15 is 0 Å². The lowest BCUT2D eigenvalue weighted by atomic mass is 9.98. The fourth-order valence-corrected chi connectivity index (χ4v) is 0.751. The van der Waals surface area contributed by atoms with Crippen molar-refractivity contribution in [2.45, 2.75) is 6.42 Å². The van der Waals surface area contributed by atoms with Crippen LogP contribution in [-0.2, 0) is 14.4 Å². The second kappa shape index (κ2) is 4.24. The lowest BCUT2D eigenvalue weighted by Crippen LogP contribution is -2.26. The molecule has 0 unspecified atom stereocenters. The van der Waals surface area contributed by atoms with E-state index in [1.54, 1.807) is 0 Å². The Morgan fingerprint density at radius 1 is 1.08 bits per heavy atom. The fraction of sp³-hybridized carbons (Fsp3) is 0.286. The second-order valence-electron chi connectivity index (χ2n) is 2.34. The summed E-state index contributed by atoms with van der Waals surface area (Å²) in [6.45, 7) is 3.10. The van der Waals surface area contributed by atoms with Gasteiger partial charge >= 0.3 is 17.9 Å². The van der Waals surface area contributed by atoms with E-state index in [0.29, 0.717) is 0 Å². The first-order valence-electron chi connectivity index (χ1n) is 3.21. The Hall–Kier alpha value is -1.85. The van der Waals surface area contributed by atoms with Crippen LogP contribution in [0.4, 0.5) is 0 Å². The lowest BCUT2D eigenvalue weighted by molar-refractivity contribution is -0.152. The largest absolute Gasteiger partial charge is 0.481 e. The van der Waals surface area contributed by atoms with Crippen LogP contribution in [0.3, 0.4) is 0 Å². The van der Waals surface area contributed by atoms with Crippen LogP contribution in [0.25, 0.3) is 0 Å². The topological polar surface area (TPSA) is 112 Å². The zero-order valence-electron chi connectivity index (χ0n) is 6.56. The predicted octanol–water partition coefficient (Wildman–Crippen LogP) is -0.197. The SMILES string of the molecule is C=C(CC(=O)O)C(C(=O)O)C(=O)O. The molecule has 0 fully saturated rings. The highest BCUT2D eigenvalue weighted by Crippen LogP contribution is 2.13. The maximum Gasteiger partial charge on any atom is 0.322 e. The van der Waals surface area contributed by atoms with Crippen LogP contribution >= 0.6 is 0 Å².